The normalized spacial score (nSPS) is 15.8. The van der Waals surface area contributed by atoms with Crippen LogP contribution in [0.4, 0.5) is 0 Å². The van der Waals surface area contributed by atoms with E-state index in [-0.39, 0.29) is 11.9 Å². The minimum Gasteiger partial charge on any atom is -0.462 e. The number of hydrogen-bond acceptors (Lipinski definition) is 9. The fourth-order valence-electron chi connectivity index (χ4n) is 2.58. The summed E-state index contributed by atoms with van der Waals surface area (Å²) in [5, 5.41) is 0. The summed E-state index contributed by atoms with van der Waals surface area (Å²) in [7, 11) is 7.33. The van der Waals surface area contributed by atoms with E-state index in [0.717, 1.165) is 45.7 Å². The summed E-state index contributed by atoms with van der Waals surface area (Å²) in [4.78, 5) is 29.7. The fourth-order valence-corrected chi connectivity index (χ4v) is 4.23. The zero-order chi connectivity index (χ0) is 21.3. The van der Waals surface area contributed by atoms with Crippen LogP contribution < -0.4 is 0 Å². The van der Waals surface area contributed by atoms with Crippen molar-refractivity contribution in [3.63, 3.8) is 0 Å². The number of esters is 2. The number of allylic oxidation sites excluding steroid dienone is 1. The molecule has 1 fully saturated rings. The Morgan fingerprint density at radius 3 is 2.17 bits per heavy atom. The first-order valence-electron chi connectivity index (χ1n) is 10.0. The van der Waals surface area contributed by atoms with Gasteiger partial charge in [-0.3, -0.25) is 0 Å². The van der Waals surface area contributed by atoms with E-state index in [9.17, 15) is 9.59 Å². The number of carbonyl (C=O) groups excluding carboxylic acids is 2. The molecule has 0 atom stereocenters. The lowest BCUT2D eigenvalue weighted by Crippen LogP contribution is -2.45. The lowest BCUT2D eigenvalue weighted by molar-refractivity contribution is -0.138. The van der Waals surface area contributed by atoms with E-state index in [1.54, 1.807) is 40.8 Å². The Labute approximate surface area is 183 Å². The van der Waals surface area contributed by atoms with Crippen LogP contribution in [0.1, 0.15) is 13.3 Å². The molecule has 0 unspecified atom stereocenters. The number of piperazine rings is 1. The molecule has 166 valence electrons. The molecule has 0 radical (unpaired) electrons. The fraction of sp³-hybridized carbons (Fsp3) is 0.700. The minimum atomic E-state index is -0.318. The first-order chi connectivity index (χ1) is 14.0. The standard InChI is InChI=1S/C20H35N3O4S2/c1-4-6-19(24)26-15-17-28-29-18-16-27-20(25)7-10-21(2)8-5-9-23-13-11-22(3)12-14-23/h4,6-7,10H,5,8-9,11-18H2,1-3H3/b6-4+,10-7+. The number of likely N-dealkylation sites (N-methyl/N-ethyl adjacent to an activating group) is 1. The quantitative estimate of drug-likeness (QED) is 0.173. The van der Waals surface area contributed by atoms with E-state index >= 15 is 0 Å². The summed E-state index contributed by atoms with van der Waals surface area (Å²) in [6, 6.07) is 0. The predicted octanol–water partition coefficient (Wildman–Crippen LogP) is 2.11. The molecule has 0 aliphatic carbocycles. The third kappa shape index (κ3) is 14.5. The molecule has 1 aliphatic rings. The van der Waals surface area contributed by atoms with Crippen LogP contribution in [0.25, 0.3) is 0 Å². The van der Waals surface area contributed by atoms with E-state index in [0.29, 0.717) is 24.7 Å². The van der Waals surface area contributed by atoms with E-state index < -0.39 is 0 Å². The maximum absolute atomic E-state index is 11.7. The van der Waals surface area contributed by atoms with Crippen LogP contribution in [0, 0.1) is 0 Å². The van der Waals surface area contributed by atoms with Crippen LogP contribution in [-0.4, -0.2) is 105 Å². The van der Waals surface area contributed by atoms with Gasteiger partial charge in [-0.15, -0.1) is 0 Å². The van der Waals surface area contributed by atoms with Gasteiger partial charge in [-0.05, 0) is 26.9 Å². The zero-order valence-electron chi connectivity index (χ0n) is 17.9. The molecule has 1 rings (SSSR count). The molecule has 0 aromatic rings. The number of rotatable bonds is 14. The highest BCUT2D eigenvalue weighted by Crippen LogP contribution is 2.20. The summed E-state index contributed by atoms with van der Waals surface area (Å²) < 4.78 is 10.2. The molecular formula is C20H35N3O4S2. The third-order valence-corrected chi connectivity index (χ3v) is 6.59. The largest absolute Gasteiger partial charge is 0.462 e. The Balaban J connectivity index is 1.96. The number of nitrogens with zero attached hydrogens (tertiary/aromatic N) is 3. The summed E-state index contributed by atoms with van der Waals surface area (Å²) in [5.41, 5.74) is 0. The van der Waals surface area contributed by atoms with Gasteiger partial charge in [0.25, 0.3) is 0 Å². The topological polar surface area (TPSA) is 62.3 Å². The Morgan fingerprint density at radius 2 is 1.59 bits per heavy atom. The molecule has 0 bridgehead atoms. The van der Waals surface area contributed by atoms with Crippen LogP contribution in [0.5, 0.6) is 0 Å². The van der Waals surface area contributed by atoms with Gasteiger partial charge in [0.15, 0.2) is 0 Å². The number of carbonyl (C=O) groups is 2. The molecule has 0 aromatic carbocycles. The molecule has 0 amide bonds. The average Bonchev–Trinajstić information content (AvgIpc) is 2.70. The molecule has 0 saturated carbocycles. The molecule has 9 heteroatoms. The van der Waals surface area contributed by atoms with Gasteiger partial charge in [0.2, 0.25) is 0 Å². The lowest BCUT2D eigenvalue weighted by atomic mass is 10.3. The second kappa shape index (κ2) is 16.6. The summed E-state index contributed by atoms with van der Waals surface area (Å²) in [6.45, 7) is 9.10. The van der Waals surface area contributed by atoms with Crippen molar-refractivity contribution in [2.24, 2.45) is 0 Å². The third-order valence-electron chi connectivity index (χ3n) is 4.25. The first kappa shape index (κ1) is 25.9. The smallest absolute Gasteiger partial charge is 0.332 e. The Kier molecular flexibility index (Phi) is 14.8. The average molecular weight is 446 g/mol. The highest BCUT2D eigenvalue weighted by atomic mass is 33.1. The summed E-state index contributed by atoms with van der Waals surface area (Å²) in [6.07, 6.45) is 7.40. The molecule has 29 heavy (non-hydrogen) atoms. The molecule has 1 aliphatic heterocycles. The van der Waals surface area contributed by atoms with Gasteiger partial charge in [-0.1, -0.05) is 27.7 Å². The van der Waals surface area contributed by atoms with Crippen molar-refractivity contribution in [2.75, 3.05) is 78.1 Å². The van der Waals surface area contributed by atoms with Crippen molar-refractivity contribution < 1.29 is 19.1 Å². The van der Waals surface area contributed by atoms with Crippen molar-refractivity contribution in [3.05, 3.63) is 24.4 Å². The molecule has 0 spiro atoms. The second-order valence-electron chi connectivity index (χ2n) is 6.77. The molecule has 0 aromatic heterocycles. The van der Waals surface area contributed by atoms with Crippen LogP contribution in [0.3, 0.4) is 0 Å². The summed E-state index contributed by atoms with van der Waals surface area (Å²) >= 11 is 0. The minimum absolute atomic E-state index is 0.317. The SMILES string of the molecule is C/C=C/C(=O)OCCSSCCOC(=O)/C=C/N(C)CCCN1CCN(C)CC1. The van der Waals surface area contributed by atoms with Crippen molar-refractivity contribution in [2.45, 2.75) is 13.3 Å². The van der Waals surface area contributed by atoms with Gasteiger partial charge in [0.1, 0.15) is 13.2 Å². The van der Waals surface area contributed by atoms with Crippen LogP contribution in [-0.2, 0) is 19.1 Å². The monoisotopic (exact) mass is 445 g/mol. The van der Waals surface area contributed by atoms with E-state index in [1.807, 2.05) is 11.9 Å². The van der Waals surface area contributed by atoms with Crippen molar-refractivity contribution in [3.8, 4) is 0 Å². The highest BCUT2D eigenvalue weighted by Gasteiger charge is 2.12. The first-order valence-corrected chi connectivity index (χ1v) is 12.5. The maximum Gasteiger partial charge on any atom is 0.332 e. The van der Waals surface area contributed by atoms with Gasteiger partial charge < -0.3 is 24.2 Å². The summed E-state index contributed by atoms with van der Waals surface area (Å²) in [5.74, 6) is 0.777. The van der Waals surface area contributed by atoms with Crippen LogP contribution >= 0.6 is 21.6 Å². The van der Waals surface area contributed by atoms with Crippen LogP contribution in [0.15, 0.2) is 24.4 Å². The molecule has 1 heterocycles. The van der Waals surface area contributed by atoms with Gasteiger partial charge in [0, 0.05) is 69.6 Å². The highest BCUT2D eigenvalue weighted by molar-refractivity contribution is 8.76. The van der Waals surface area contributed by atoms with Gasteiger partial charge in [0.05, 0.1) is 0 Å². The number of hydrogen-bond donors (Lipinski definition) is 0. The second-order valence-corrected chi connectivity index (χ2v) is 9.48. The molecule has 0 N–H and O–H groups in total. The van der Waals surface area contributed by atoms with E-state index in [2.05, 4.69) is 16.8 Å². The predicted molar refractivity (Wildman–Crippen MR) is 122 cm³/mol. The Morgan fingerprint density at radius 1 is 1.00 bits per heavy atom. The van der Waals surface area contributed by atoms with Gasteiger partial charge in [-0.2, -0.15) is 0 Å². The Bertz CT molecular complexity index is 524. The van der Waals surface area contributed by atoms with Crippen molar-refractivity contribution in [1.29, 1.82) is 0 Å². The molecule has 7 nitrogen and oxygen atoms in total. The van der Waals surface area contributed by atoms with Crippen molar-refractivity contribution in [1.82, 2.24) is 14.7 Å². The Hall–Kier alpha value is -1.16. The number of ether oxygens (including phenoxy) is 2. The van der Waals surface area contributed by atoms with E-state index in [4.69, 9.17) is 9.47 Å². The zero-order valence-corrected chi connectivity index (χ0v) is 19.5. The maximum atomic E-state index is 11.7. The lowest BCUT2D eigenvalue weighted by Gasteiger charge is -2.32. The molecule has 1 saturated heterocycles. The van der Waals surface area contributed by atoms with Crippen molar-refractivity contribution >= 4 is 33.5 Å². The van der Waals surface area contributed by atoms with Gasteiger partial charge >= 0.3 is 11.9 Å². The molecular weight excluding hydrogens is 410 g/mol. The van der Waals surface area contributed by atoms with E-state index in [1.165, 1.54) is 12.2 Å². The van der Waals surface area contributed by atoms with Crippen LogP contribution in [0.2, 0.25) is 0 Å². The van der Waals surface area contributed by atoms with Gasteiger partial charge in [-0.25, -0.2) is 9.59 Å².